The molecule has 1 saturated heterocycles. The standard InChI is InChI=1S/C16H17NO4S2/c18-12-7-4-3-6-11(12)10-13-15(21)17(16(22)23-13)9-5-1-2-8-14(19)20/h3-4,6-7,10,18H,1-2,5,8-9H2,(H,19,20)/p-1/b13-10+. The number of thiocarbonyl (C=S) groups is 1. The van der Waals surface area contributed by atoms with Gasteiger partial charge in [0.1, 0.15) is 10.1 Å². The zero-order valence-electron chi connectivity index (χ0n) is 12.4. The van der Waals surface area contributed by atoms with E-state index in [2.05, 4.69) is 0 Å². The van der Waals surface area contributed by atoms with Gasteiger partial charge in [-0.2, -0.15) is 0 Å². The summed E-state index contributed by atoms with van der Waals surface area (Å²) < 4.78 is 0.483. The molecule has 7 heteroatoms. The van der Waals surface area contributed by atoms with Crippen LogP contribution in [-0.2, 0) is 9.59 Å². The molecule has 0 unspecified atom stereocenters. The minimum Gasteiger partial charge on any atom is -0.550 e. The molecule has 5 nitrogen and oxygen atoms in total. The van der Waals surface area contributed by atoms with Crippen LogP contribution in [0.5, 0.6) is 5.75 Å². The van der Waals surface area contributed by atoms with Gasteiger partial charge in [-0.1, -0.05) is 48.6 Å². The highest BCUT2D eigenvalue weighted by Gasteiger charge is 2.31. The van der Waals surface area contributed by atoms with E-state index in [1.807, 2.05) is 0 Å². The quantitative estimate of drug-likeness (QED) is 0.460. The van der Waals surface area contributed by atoms with Crippen molar-refractivity contribution in [2.24, 2.45) is 0 Å². The van der Waals surface area contributed by atoms with Gasteiger partial charge in [0.05, 0.1) is 4.91 Å². The summed E-state index contributed by atoms with van der Waals surface area (Å²) in [5.41, 5.74) is 0.571. The molecule has 1 aliphatic heterocycles. The van der Waals surface area contributed by atoms with Crippen LogP contribution in [0, 0.1) is 0 Å². The van der Waals surface area contributed by atoms with Crippen molar-refractivity contribution in [3.05, 3.63) is 34.7 Å². The van der Waals surface area contributed by atoms with Gasteiger partial charge < -0.3 is 15.0 Å². The molecule has 1 aliphatic rings. The number of phenols is 1. The largest absolute Gasteiger partial charge is 0.550 e. The number of aromatic hydroxyl groups is 1. The highest BCUT2D eigenvalue weighted by atomic mass is 32.2. The summed E-state index contributed by atoms with van der Waals surface area (Å²) in [6.07, 6.45) is 3.58. The number of amides is 1. The van der Waals surface area contributed by atoms with Crippen molar-refractivity contribution in [1.82, 2.24) is 4.90 Å². The lowest BCUT2D eigenvalue weighted by Gasteiger charge is -2.14. The molecule has 1 aromatic rings. The monoisotopic (exact) mass is 350 g/mol. The van der Waals surface area contributed by atoms with Gasteiger partial charge >= 0.3 is 0 Å². The molecule has 122 valence electrons. The number of unbranched alkanes of at least 4 members (excludes halogenated alkanes) is 2. The van der Waals surface area contributed by atoms with Crippen molar-refractivity contribution < 1.29 is 19.8 Å². The Kier molecular flexibility index (Phi) is 6.18. The van der Waals surface area contributed by atoms with Gasteiger partial charge in [0, 0.05) is 18.1 Å². The molecule has 0 saturated carbocycles. The highest BCUT2D eigenvalue weighted by molar-refractivity contribution is 8.26. The molecule has 0 bridgehead atoms. The van der Waals surface area contributed by atoms with Gasteiger partial charge in [-0.05, 0) is 31.4 Å². The van der Waals surface area contributed by atoms with Crippen molar-refractivity contribution in [1.29, 1.82) is 0 Å². The summed E-state index contributed by atoms with van der Waals surface area (Å²) in [5.74, 6) is -1.12. The van der Waals surface area contributed by atoms with E-state index in [-0.39, 0.29) is 18.1 Å². The zero-order chi connectivity index (χ0) is 16.8. The molecule has 1 amide bonds. The SMILES string of the molecule is O=C([O-])CCCCCN1C(=O)/C(=C\c2ccccc2O)SC1=S. The molecule has 0 aromatic heterocycles. The molecule has 23 heavy (non-hydrogen) atoms. The van der Waals surface area contributed by atoms with Crippen LogP contribution in [0.2, 0.25) is 0 Å². The van der Waals surface area contributed by atoms with Crippen LogP contribution >= 0.6 is 24.0 Å². The summed E-state index contributed by atoms with van der Waals surface area (Å²) in [4.78, 5) is 24.7. The van der Waals surface area contributed by atoms with Crippen LogP contribution in [0.15, 0.2) is 29.2 Å². The number of hydrogen-bond donors (Lipinski definition) is 1. The van der Waals surface area contributed by atoms with Gasteiger partial charge in [0.2, 0.25) is 0 Å². The molecule has 1 N–H and O–H groups in total. The fraction of sp³-hybridized carbons (Fsp3) is 0.312. The Hall–Kier alpha value is -1.86. The Morgan fingerprint density at radius 3 is 2.74 bits per heavy atom. The fourth-order valence-electron chi connectivity index (χ4n) is 2.16. The predicted molar refractivity (Wildman–Crippen MR) is 91.5 cm³/mol. The number of carboxylic acid groups (broad SMARTS) is 1. The predicted octanol–water partition coefficient (Wildman–Crippen LogP) is 1.90. The van der Waals surface area contributed by atoms with Crippen LogP contribution in [-0.4, -0.2) is 32.7 Å². The number of phenolic OH excluding ortho intramolecular Hbond substituents is 1. The van der Waals surface area contributed by atoms with Crippen molar-refractivity contribution in [2.45, 2.75) is 25.7 Å². The third-order valence-corrected chi connectivity index (χ3v) is 4.74. The summed E-state index contributed by atoms with van der Waals surface area (Å²) >= 11 is 6.43. The topological polar surface area (TPSA) is 80.7 Å². The van der Waals surface area contributed by atoms with E-state index in [1.165, 1.54) is 16.7 Å². The molecule has 1 aromatic carbocycles. The molecular weight excluding hydrogens is 334 g/mol. The number of benzene rings is 1. The number of rotatable bonds is 7. The molecule has 0 aliphatic carbocycles. The number of carbonyl (C=O) groups excluding carboxylic acids is 2. The molecule has 1 heterocycles. The van der Waals surface area contributed by atoms with Gasteiger partial charge in [-0.15, -0.1) is 0 Å². The normalized spacial score (nSPS) is 16.3. The lowest BCUT2D eigenvalue weighted by molar-refractivity contribution is -0.305. The first kappa shape index (κ1) is 17.5. The number of carboxylic acids is 1. The molecule has 0 atom stereocenters. The van der Waals surface area contributed by atoms with Crippen LogP contribution in [0.4, 0.5) is 0 Å². The van der Waals surface area contributed by atoms with Crippen molar-refractivity contribution in [2.75, 3.05) is 6.54 Å². The maximum absolute atomic E-state index is 12.4. The zero-order valence-corrected chi connectivity index (χ0v) is 14.0. The second-order valence-corrected chi connectivity index (χ2v) is 6.75. The number of aliphatic carboxylic acids is 1. The molecule has 2 rings (SSSR count). The van der Waals surface area contributed by atoms with Crippen LogP contribution in [0.3, 0.4) is 0 Å². The minimum absolute atomic E-state index is 0.0333. The Morgan fingerprint density at radius 2 is 2.04 bits per heavy atom. The van der Waals surface area contributed by atoms with Gasteiger partial charge in [-0.3, -0.25) is 9.69 Å². The molecular formula is C16H16NO4S2-. The van der Waals surface area contributed by atoms with E-state index in [0.29, 0.717) is 40.6 Å². The van der Waals surface area contributed by atoms with Crippen LogP contribution in [0.25, 0.3) is 6.08 Å². The number of thioether (sulfide) groups is 1. The smallest absolute Gasteiger partial charge is 0.266 e. The van der Waals surface area contributed by atoms with E-state index in [0.717, 1.165) is 0 Å². The fourth-order valence-corrected chi connectivity index (χ4v) is 3.46. The number of para-hydroxylation sites is 1. The summed E-state index contributed by atoms with van der Waals surface area (Å²) in [7, 11) is 0. The Bertz CT molecular complexity index is 657. The van der Waals surface area contributed by atoms with Crippen molar-refractivity contribution in [3.63, 3.8) is 0 Å². The van der Waals surface area contributed by atoms with Crippen molar-refractivity contribution >= 4 is 46.3 Å². The summed E-state index contributed by atoms with van der Waals surface area (Å²) in [6.45, 7) is 0.468. The van der Waals surface area contributed by atoms with E-state index < -0.39 is 5.97 Å². The second-order valence-electron chi connectivity index (χ2n) is 5.07. The minimum atomic E-state index is -1.05. The van der Waals surface area contributed by atoms with Gasteiger partial charge in [-0.25, -0.2) is 0 Å². The van der Waals surface area contributed by atoms with Crippen LogP contribution in [0.1, 0.15) is 31.2 Å². The first-order valence-electron chi connectivity index (χ1n) is 7.22. The Balaban J connectivity index is 1.95. The molecule has 0 radical (unpaired) electrons. The van der Waals surface area contributed by atoms with E-state index in [9.17, 15) is 19.8 Å². The maximum Gasteiger partial charge on any atom is 0.266 e. The number of carbonyl (C=O) groups is 2. The van der Waals surface area contributed by atoms with E-state index in [1.54, 1.807) is 30.3 Å². The van der Waals surface area contributed by atoms with Gasteiger partial charge in [0.25, 0.3) is 5.91 Å². The number of nitrogens with zero attached hydrogens (tertiary/aromatic N) is 1. The lowest BCUT2D eigenvalue weighted by Crippen LogP contribution is -2.29. The van der Waals surface area contributed by atoms with E-state index in [4.69, 9.17) is 12.2 Å². The summed E-state index contributed by atoms with van der Waals surface area (Å²) in [5, 5.41) is 20.1. The number of hydrogen-bond acceptors (Lipinski definition) is 6. The average Bonchev–Trinajstić information content (AvgIpc) is 2.76. The van der Waals surface area contributed by atoms with E-state index >= 15 is 0 Å². The highest BCUT2D eigenvalue weighted by Crippen LogP contribution is 2.34. The lowest BCUT2D eigenvalue weighted by atomic mass is 10.1. The second kappa shape index (κ2) is 8.12. The third-order valence-electron chi connectivity index (χ3n) is 3.36. The maximum atomic E-state index is 12.4. The summed E-state index contributed by atoms with van der Waals surface area (Å²) in [6, 6.07) is 6.78. The average molecular weight is 350 g/mol. The van der Waals surface area contributed by atoms with Crippen LogP contribution < -0.4 is 5.11 Å². The molecule has 1 fully saturated rings. The third kappa shape index (κ3) is 4.80. The Morgan fingerprint density at radius 1 is 1.30 bits per heavy atom. The first-order chi connectivity index (χ1) is 11.0. The van der Waals surface area contributed by atoms with Crippen molar-refractivity contribution in [3.8, 4) is 5.75 Å². The molecule has 0 spiro atoms. The Labute approximate surface area is 144 Å². The van der Waals surface area contributed by atoms with Gasteiger partial charge in [0.15, 0.2) is 0 Å². The first-order valence-corrected chi connectivity index (χ1v) is 8.44.